The molecule has 1 aromatic heterocycles. The van der Waals surface area contributed by atoms with Crippen molar-refractivity contribution in [3.05, 3.63) is 47.2 Å². The van der Waals surface area contributed by atoms with Gasteiger partial charge < -0.3 is 15.4 Å². The van der Waals surface area contributed by atoms with Crippen LogP contribution in [-0.4, -0.2) is 29.8 Å². The summed E-state index contributed by atoms with van der Waals surface area (Å²) in [6.07, 6.45) is 0. The Hall–Kier alpha value is -2.63. The first kappa shape index (κ1) is 13.4. The van der Waals surface area contributed by atoms with E-state index in [1.165, 1.54) is 5.56 Å². The predicted octanol–water partition coefficient (Wildman–Crippen LogP) is 1.69. The molecule has 0 bridgehead atoms. The first-order valence-corrected chi connectivity index (χ1v) is 6.73. The molecule has 1 unspecified atom stereocenters. The average Bonchev–Trinajstić information content (AvgIpc) is 2.89. The molecule has 1 aliphatic heterocycles. The number of nitrogens with one attached hydrogen (secondary N) is 2. The number of carbonyl (C=O) groups is 1. The fourth-order valence-electron chi connectivity index (χ4n) is 2.29. The quantitative estimate of drug-likeness (QED) is 0.897. The first-order chi connectivity index (χ1) is 10.2. The van der Waals surface area contributed by atoms with Crippen LogP contribution in [0.5, 0.6) is 5.75 Å². The molecule has 0 fully saturated rings. The molecule has 1 aromatic carbocycles. The van der Waals surface area contributed by atoms with Crippen molar-refractivity contribution in [2.75, 3.05) is 19.0 Å². The lowest BCUT2D eigenvalue weighted by molar-refractivity contribution is 0.0957. The summed E-state index contributed by atoms with van der Waals surface area (Å²) in [6, 6.07) is 9.53. The number of hydrogen-bond donors (Lipinski definition) is 2. The zero-order valence-corrected chi connectivity index (χ0v) is 11.9. The van der Waals surface area contributed by atoms with Crippen LogP contribution in [0.25, 0.3) is 0 Å². The van der Waals surface area contributed by atoms with Crippen LogP contribution in [0, 0.1) is 6.92 Å². The second kappa shape index (κ2) is 5.40. The Labute approximate surface area is 122 Å². The number of hydrogen-bond acceptors (Lipinski definition) is 5. The van der Waals surface area contributed by atoms with Gasteiger partial charge in [0.05, 0.1) is 6.04 Å². The van der Waals surface area contributed by atoms with Crippen LogP contribution in [0.4, 0.5) is 5.82 Å². The number of benzene rings is 1. The summed E-state index contributed by atoms with van der Waals surface area (Å²) in [4.78, 5) is 11.4. The van der Waals surface area contributed by atoms with Crippen LogP contribution in [0.3, 0.4) is 0 Å². The molecule has 1 amide bonds. The number of carbonyl (C=O) groups excluding carboxylic acids is 1. The molecule has 0 saturated heterocycles. The molecule has 2 aromatic rings. The number of amides is 1. The van der Waals surface area contributed by atoms with Crippen molar-refractivity contribution in [3.8, 4) is 5.75 Å². The molecule has 6 heteroatoms. The molecule has 2 N–H and O–H groups in total. The number of ether oxygens (including phenoxy) is 1. The van der Waals surface area contributed by atoms with Crippen molar-refractivity contribution < 1.29 is 9.53 Å². The minimum atomic E-state index is -0.251. The first-order valence-electron chi connectivity index (χ1n) is 6.73. The van der Waals surface area contributed by atoms with Gasteiger partial charge in [-0.05, 0) is 25.1 Å². The van der Waals surface area contributed by atoms with Crippen LogP contribution < -0.4 is 15.4 Å². The molecule has 3 rings (SSSR count). The Morgan fingerprint density at radius 1 is 1.29 bits per heavy atom. The molecule has 108 valence electrons. The molecular weight excluding hydrogens is 268 g/mol. The van der Waals surface area contributed by atoms with Gasteiger partial charge in [-0.2, -0.15) is 0 Å². The van der Waals surface area contributed by atoms with E-state index in [-0.39, 0.29) is 11.9 Å². The highest BCUT2D eigenvalue weighted by molar-refractivity contribution is 5.91. The molecule has 6 nitrogen and oxygen atoms in total. The van der Waals surface area contributed by atoms with E-state index in [9.17, 15) is 4.79 Å². The third-order valence-corrected chi connectivity index (χ3v) is 3.39. The fraction of sp³-hybridized carbons (Fsp3) is 0.267. The maximum atomic E-state index is 11.4. The van der Waals surface area contributed by atoms with Gasteiger partial charge in [0.15, 0.2) is 5.69 Å². The van der Waals surface area contributed by atoms with Crippen LogP contribution in [0.15, 0.2) is 30.3 Å². The van der Waals surface area contributed by atoms with E-state index in [0.29, 0.717) is 18.1 Å². The van der Waals surface area contributed by atoms with Crippen molar-refractivity contribution >= 4 is 11.7 Å². The van der Waals surface area contributed by atoms with E-state index in [0.717, 1.165) is 11.3 Å². The Bertz CT molecular complexity index is 670. The van der Waals surface area contributed by atoms with Gasteiger partial charge in [0.1, 0.15) is 18.2 Å². The summed E-state index contributed by atoms with van der Waals surface area (Å²) in [5.41, 5.74) is 2.60. The van der Waals surface area contributed by atoms with E-state index in [1.807, 2.05) is 19.1 Å². The van der Waals surface area contributed by atoms with Gasteiger partial charge in [-0.25, -0.2) is 0 Å². The largest absolute Gasteiger partial charge is 0.491 e. The third kappa shape index (κ3) is 2.65. The average molecular weight is 284 g/mol. The topological polar surface area (TPSA) is 76.1 Å². The van der Waals surface area contributed by atoms with Crippen LogP contribution in [0.2, 0.25) is 0 Å². The van der Waals surface area contributed by atoms with E-state index < -0.39 is 0 Å². The number of aryl methyl sites for hydroxylation is 1. The van der Waals surface area contributed by atoms with Gasteiger partial charge in [-0.1, -0.05) is 17.7 Å². The maximum Gasteiger partial charge on any atom is 0.271 e. The lowest BCUT2D eigenvalue weighted by Gasteiger charge is -2.12. The van der Waals surface area contributed by atoms with Gasteiger partial charge in [0.2, 0.25) is 0 Å². The summed E-state index contributed by atoms with van der Waals surface area (Å²) in [7, 11) is 1.56. The van der Waals surface area contributed by atoms with Crippen molar-refractivity contribution in [2.45, 2.75) is 13.0 Å². The zero-order valence-electron chi connectivity index (χ0n) is 11.9. The molecule has 0 saturated carbocycles. The smallest absolute Gasteiger partial charge is 0.271 e. The highest BCUT2D eigenvalue weighted by Crippen LogP contribution is 2.34. The Morgan fingerprint density at radius 3 is 2.86 bits per heavy atom. The number of aromatic nitrogens is 2. The second-order valence-electron chi connectivity index (χ2n) is 4.93. The summed E-state index contributed by atoms with van der Waals surface area (Å²) in [5, 5.41) is 13.7. The lowest BCUT2D eigenvalue weighted by Crippen LogP contribution is -2.20. The minimum absolute atomic E-state index is 0.0417. The third-order valence-electron chi connectivity index (χ3n) is 3.39. The molecule has 21 heavy (non-hydrogen) atoms. The van der Waals surface area contributed by atoms with E-state index in [4.69, 9.17) is 4.74 Å². The van der Waals surface area contributed by atoms with Crippen LogP contribution in [-0.2, 0) is 0 Å². The predicted molar refractivity (Wildman–Crippen MR) is 78.5 cm³/mol. The molecule has 2 heterocycles. The summed E-state index contributed by atoms with van der Waals surface area (Å²) in [5.74, 6) is 1.26. The second-order valence-corrected chi connectivity index (χ2v) is 4.93. The molecule has 1 aliphatic rings. The van der Waals surface area contributed by atoms with Gasteiger partial charge in [0.25, 0.3) is 5.91 Å². The SMILES string of the molecule is CNC(=O)c1ccc(NC2COc3ccc(C)cc32)nn1. The molecule has 0 aliphatic carbocycles. The number of nitrogens with zero attached hydrogens (tertiary/aromatic N) is 2. The number of anilines is 1. The monoisotopic (exact) mass is 284 g/mol. The lowest BCUT2D eigenvalue weighted by atomic mass is 10.1. The fourth-order valence-corrected chi connectivity index (χ4v) is 2.29. The standard InChI is InChI=1S/C15H16N4O2/c1-9-3-5-13-10(7-9)12(8-21-13)17-14-6-4-11(18-19-14)15(20)16-2/h3-7,12H,8H2,1-2H3,(H,16,20)(H,17,19). The zero-order chi connectivity index (χ0) is 14.8. The summed E-state index contributed by atoms with van der Waals surface area (Å²) in [6.45, 7) is 2.60. The molecular formula is C15H16N4O2. The van der Waals surface area contributed by atoms with Gasteiger partial charge in [0, 0.05) is 12.6 Å². The highest BCUT2D eigenvalue weighted by atomic mass is 16.5. The van der Waals surface area contributed by atoms with Crippen molar-refractivity contribution in [2.24, 2.45) is 0 Å². The molecule has 0 radical (unpaired) electrons. The van der Waals surface area contributed by atoms with Crippen molar-refractivity contribution in [3.63, 3.8) is 0 Å². The Morgan fingerprint density at radius 2 is 2.14 bits per heavy atom. The van der Waals surface area contributed by atoms with E-state index in [1.54, 1.807) is 19.2 Å². The Balaban J connectivity index is 1.77. The molecule has 1 atom stereocenters. The van der Waals surface area contributed by atoms with Gasteiger partial charge in [-0.15, -0.1) is 10.2 Å². The van der Waals surface area contributed by atoms with Crippen LogP contribution in [0.1, 0.15) is 27.7 Å². The number of rotatable bonds is 3. The summed E-state index contributed by atoms with van der Waals surface area (Å²) >= 11 is 0. The van der Waals surface area contributed by atoms with E-state index in [2.05, 4.69) is 26.9 Å². The van der Waals surface area contributed by atoms with Gasteiger partial charge >= 0.3 is 0 Å². The minimum Gasteiger partial charge on any atom is -0.491 e. The highest BCUT2D eigenvalue weighted by Gasteiger charge is 2.24. The molecule has 0 spiro atoms. The summed E-state index contributed by atoms with van der Waals surface area (Å²) < 4.78 is 5.64. The van der Waals surface area contributed by atoms with Crippen molar-refractivity contribution in [1.29, 1.82) is 0 Å². The normalized spacial score (nSPS) is 16.0. The van der Waals surface area contributed by atoms with E-state index >= 15 is 0 Å². The maximum absolute atomic E-state index is 11.4. The van der Waals surface area contributed by atoms with Crippen molar-refractivity contribution in [1.82, 2.24) is 15.5 Å². The van der Waals surface area contributed by atoms with Gasteiger partial charge in [-0.3, -0.25) is 4.79 Å². The Kier molecular flexibility index (Phi) is 3.43. The number of fused-ring (bicyclic) bond motifs is 1. The van der Waals surface area contributed by atoms with Crippen LogP contribution >= 0.6 is 0 Å².